The molecule has 0 radical (unpaired) electrons. The first kappa shape index (κ1) is 17.9. The molecule has 6 nitrogen and oxygen atoms in total. The summed E-state index contributed by atoms with van der Waals surface area (Å²) in [5.74, 6) is -2.13. The van der Waals surface area contributed by atoms with Gasteiger partial charge in [0, 0.05) is 5.02 Å². The molecule has 0 fully saturated rings. The van der Waals surface area contributed by atoms with Crippen molar-refractivity contribution in [3.63, 3.8) is 0 Å². The maximum absolute atomic E-state index is 12.2. The summed E-state index contributed by atoms with van der Waals surface area (Å²) in [5.41, 5.74) is -0.294. The first-order chi connectivity index (χ1) is 11.3. The molecular weight excluding hydrogens is 357 g/mol. The zero-order valence-electron chi connectivity index (χ0n) is 12.4. The second-order valence-electron chi connectivity index (χ2n) is 4.84. The predicted molar refractivity (Wildman–Crippen MR) is 88.0 cm³/mol. The van der Waals surface area contributed by atoms with Gasteiger partial charge in [0.1, 0.15) is 5.75 Å². The van der Waals surface area contributed by atoms with E-state index in [0.717, 1.165) is 12.1 Å². The van der Waals surface area contributed by atoms with Gasteiger partial charge in [-0.3, -0.25) is 4.79 Å². The van der Waals surface area contributed by atoms with Crippen molar-refractivity contribution in [1.29, 1.82) is 0 Å². The number of hydrogen-bond donors (Lipinski definition) is 2. The standard InChI is InChI=1S/C16H13Cl2NO5/c1-8(24-14-5-2-9(17)6-12(14)18)15(21)19-13-4-3-10(20)7-11(13)16(22)23/h2-8,20H,1H3,(H,19,21)(H,22,23)/p-1/t8-/m0/s1. The van der Waals surface area contributed by atoms with Gasteiger partial charge < -0.3 is 20.3 Å². The summed E-state index contributed by atoms with van der Waals surface area (Å²) in [5, 5.41) is 23.4. The molecule has 0 aliphatic rings. The second kappa shape index (κ2) is 7.42. The van der Waals surface area contributed by atoms with Crippen LogP contribution in [0.15, 0.2) is 36.4 Å². The number of amides is 1. The molecule has 2 aromatic rings. The van der Waals surface area contributed by atoms with E-state index < -0.39 is 23.7 Å². The van der Waals surface area contributed by atoms with E-state index in [9.17, 15) is 14.7 Å². The van der Waals surface area contributed by atoms with Crippen LogP contribution < -0.4 is 15.2 Å². The van der Waals surface area contributed by atoms with Crippen molar-refractivity contribution in [1.82, 2.24) is 0 Å². The third kappa shape index (κ3) is 4.31. The number of nitrogens with one attached hydrogen (secondary N) is 1. The van der Waals surface area contributed by atoms with Crippen molar-refractivity contribution in [3.8, 4) is 11.5 Å². The largest absolute Gasteiger partial charge is 0.872 e. The molecule has 2 aromatic carbocycles. The van der Waals surface area contributed by atoms with Crippen LogP contribution in [0.2, 0.25) is 10.0 Å². The molecule has 24 heavy (non-hydrogen) atoms. The van der Waals surface area contributed by atoms with Gasteiger partial charge >= 0.3 is 5.97 Å². The van der Waals surface area contributed by atoms with E-state index in [-0.39, 0.29) is 22.0 Å². The average Bonchev–Trinajstić information content (AvgIpc) is 2.51. The molecule has 0 aliphatic heterocycles. The smallest absolute Gasteiger partial charge is 0.337 e. The van der Waals surface area contributed by atoms with E-state index in [4.69, 9.17) is 33.0 Å². The number of carbonyl (C=O) groups is 2. The van der Waals surface area contributed by atoms with E-state index in [1.807, 2.05) is 0 Å². The van der Waals surface area contributed by atoms with Crippen LogP contribution in [0.4, 0.5) is 5.69 Å². The van der Waals surface area contributed by atoms with E-state index in [1.54, 1.807) is 6.07 Å². The van der Waals surface area contributed by atoms with E-state index in [2.05, 4.69) is 5.32 Å². The first-order valence-electron chi connectivity index (χ1n) is 6.75. The van der Waals surface area contributed by atoms with Crippen LogP contribution in [0.3, 0.4) is 0 Å². The molecule has 0 spiro atoms. The monoisotopic (exact) mass is 368 g/mol. The number of benzene rings is 2. The number of carboxylic acids is 1. The van der Waals surface area contributed by atoms with Crippen LogP contribution in [-0.4, -0.2) is 23.1 Å². The van der Waals surface area contributed by atoms with Gasteiger partial charge in [0.15, 0.2) is 6.10 Å². The van der Waals surface area contributed by atoms with Crippen LogP contribution in [0.1, 0.15) is 17.3 Å². The maximum atomic E-state index is 12.2. The lowest BCUT2D eigenvalue weighted by Crippen LogP contribution is -2.30. The molecule has 126 valence electrons. The van der Waals surface area contributed by atoms with E-state index in [0.29, 0.717) is 5.02 Å². The highest BCUT2D eigenvalue weighted by atomic mass is 35.5. The molecule has 0 bridgehead atoms. The molecule has 0 saturated carbocycles. The maximum Gasteiger partial charge on any atom is 0.337 e. The lowest BCUT2D eigenvalue weighted by atomic mass is 10.1. The highest BCUT2D eigenvalue weighted by Gasteiger charge is 2.19. The van der Waals surface area contributed by atoms with Crippen LogP contribution >= 0.6 is 23.2 Å². The molecule has 0 aliphatic carbocycles. The van der Waals surface area contributed by atoms with Gasteiger partial charge in [0.25, 0.3) is 5.91 Å². The molecule has 0 unspecified atom stereocenters. The Morgan fingerprint density at radius 1 is 1.21 bits per heavy atom. The minimum atomic E-state index is -1.32. The summed E-state index contributed by atoms with van der Waals surface area (Å²) >= 11 is 11.8. The molecule has 1 amide bonds. The Bertz CT molecular complexity index is 794. The number of anilines is 1. The molecule has 2 rings (SSSR count). The Balaban J connectivity index is 2.13. The molecule has 0 saturated heterocycles. The van der Waals surface area contributed by atoms with E-state index >= 15 is 0 Å². The van der Waals surface area contributed by atoms with Crippen molar-refractivity contribution >= 4 is 40.8 Å². The molecule has 1 atom stereocenters. The van der Waals surface area contributed by atoms with E-state index in [1.165, 1.54) is 25.1 Å². The lowest BCUT2D eigenvalue weighted by Gasteiger charge is -2.17. The second-order valence-corrected chi connectivity index (χ2v) is 5.68. The van der Waals surface area contributed by atoms with Gasteiger partial charge in [-0.1, -0.05) is 35.3 Å². The SMILES string of the molecule is C[C@H](Oc1ccc(Cl)cc1Cl)C(=O)Nc1ccc([O-])cc1C(=O)O. The fraction of sp³-hybridized carbons (Fsp3) is 0.125. The third-order valence-electron chi connectivity index (χ3n) is 3.05. The number of aromatic carboxylic acids is 1. The molecule has 8 heteroatoms. The molecule has 2 N–H and O–H groups in total. The quantitative estimate of drug-likeness (QED) is 0.844. The number of hydrogen-bond acceptors (Lipinski definition) is 4. The minimum absolute atomic E-state index is 0.00440. The summed E-state index contributed by atoms with van der Waals surface area (Å²) < 4.78 is 5.45. The Hall–Kier alpha value is -2.44. The Kier molecular flexibility index (Phi) is 5.54. The number of carbonyl (C=O) groups excluding carboxylic acids is 1. The first-order valence-corrected chi connectivity index (χ1v) is 7.50. The van der Waals surface area contributed by atoms with Gasteiger partial charge in [-0.15, -0.1) is 5.75 Å². The highest BCUT2D eigenvalue weighted by Crippen LogP contribution is 2.28. The average molecular weight is 369 g/mol. The van der Waals surface area contributed by atoms with Crippen molar-refractivity contribution in [2.24, 2.45) is 0 Å². The van der Waals surface area contributed by atoms with Gasteiger partial charge in [-0.2, -0.15) is 0 Å². The zero-order chi connectivity index (χ0) is 17.9. The van der Waals surface area contributed by atoms with Gasteiger partial charge in [-0.25, -0.2) is 4.79 Å². The Morgan fingerprint density at radius 2 is 1.92 bits per heavy atom. The van der Waals surface area contributed by atoms with Crippen molar-refractivity contribution in [2.45, 2.75) is 13.0 Å². The summed E-state index contributed by atoms with van der Waals surface area (Å²) in [4.78, 5) is 23.3. The highest BCUT2D eigenvalue weighted by molar-refractivity contribution is 6.35. The summed E-state index contributed by atoms with van der Waals surface area (Å²) in [7, 11) is 0. The minimum Gasteiger partial charge on any atom is -0.872 e. The van der Waals surface area contributed by atoms with Crippen molar-refractivity contribution in [2.75, 3.05) is 5.32 Å². The summed E-state index contributed by atoms with van der Waals surface area (Å²) in [6.45, 7) is 1.47. The number of halogens is 2. The van der Waals surface area contributed by atoms with Crippen LogP contribution in [-0.2, 0) is 4.79 Å². The molecule has 0 aromatic heterocycles. The molecular formula is C16H12Cl2NO5-. The van der Waals surface area contributed by atoms with Crippen molar-refractivity contribution < 1.29 is 24.5 Å². The van der Waals surface area contributed by atoms with Crippen LogP contribution in [0, 0.1) is 0 Å². The van der Waals surface area contributed by atoms with Gasteiger partial charge in [-0.05, 0) is 31.2 Å². The third-order valence-corrected chi connectivity index (χ3v) is 3.58. The normalized spacial score (nSPS) is 11.6. The lowest BCUT2D eigenvalue weighted by molar-refractivity contribution is -0.268. The van der Waals surface area contributed by atoms with Gasteiger partial charge in [0.05, 0.1) is 16.3 Å². The molecule has 0 heterocycles. The topological polar surface area (TPSA) is 98.7 Å². The van der Waals surface area contributed by atoms with Crippen LogP contribution in [0.5, 0.6) is 11.5 Å². The number of carboxylic acid groups (broad SMARTS) is 1. The van der Waals surface area contributed by atoms with Crippen LogP contribution in [0.25, 0.3) is 0 Å². The Labute approximate surface area is 147 Å². The van der Waals surface area contributed by atoms with Crippen molar-refractivity contribution in [3.05, 3.63) is 52.0 Å². The number of ether oxygens (including phenoxy) is 1. The fourth-order valence-corrected chi connectivity index (χ4v) is 2.31. The zero-order valence-corrected chi connectivity index (χ0v) is 13.9. The summed E-state index contributed by atoms with van der Waals surface area (Å²) in [6, 6.07) is 7.86. The number of rotatable bonds is 5. The van der Waals surface area contributed by atoms with Gasteiger partial charge in [0.2, 0.25) is 0 Å². The predicted octanol–water partition coefficient (Wildman–Crippen LogP) is 3.17. The summed E-state index contributed by atoms with van der Waals surface area (Å²) in [6.07, 6.45) is -0.961. The fourth-order valence-electron chi connectivity index (χ4n) is 1.86. The Morgan fingerprint density at radius 3 is 2.54 bits per heavy atom.